The van der Waals surface area contributed by atoms with E-state index in [1.807, 2.05) is 6.07 Å². The van der Waals surface area contributed by atoms with Crippen molar-refractivity contribution in [2.45, 2.75) is 6.54 Å². The Hall–Kier alpha value is -2.48. The van der Waals surface area contributed by atoms with E-state index in [0.29, 0.717) is 17.9 Å². The van der Waals surface area contributed by atoms with Crippen LogP contribution in [0.15, 0.2) is 36.7 Å². The van der Waals surface area contributed by atoms with Crippen molar-refractivity contribution in [3.63, 3.8) is 0 Å². The van der Waals surface area contributed by atoms with Crippen molar-refractivity contribution in [1.82, 2.24) is 9.97 Å². The van der Waals surface area contributed by atoms with Crippen molar-refractivity contribution in [2.75, 3.05) is 5.32 Å². The molecule has 0 aliphatic heterocycles. The summed E-state index contributed by atoms with van der Waals surface area (Å²) in [4.78, 5) is 7.68. The second-order valence-electron chi connectivity index (χ2n) is 3.35. The molecule has 0 amide bonds. The summed E-state index contributed by atoms with van der Waals surface area (Å²) in [5.74, 6) is 0.231. The molecule has 84 valence electrons. The van der Waals surface area contributed by atoms with Gasteiger partial charge in [0, 0.05) is 18.2 Å². The van der Waals surface area contributed by atoms with Crippen molar-refractivity contribution >= 4 is 5.82 Å². The monoisotopic (exact) mass is 228 g/mol. The van der Waals surface area contributed by atoms with Crippen LogP contribution in [0.5, 0.6) is 0 Å². The van der Waals surface area contributed by atoms with E-state index in [9.17, 15) is 4.39 Å². The second kappa shape index (κ2) is 5.03. The van der Waals surface area contributed by atoms with Gasteiger partial charge >= 0.3 is 0 Å². The molecule has 0 fully saturated rings. The molecule has 0 unspecified atom stereocenters. The fraction of sp³-hybridized carbons (Fsp3) is 0.0833. The summed E-state index contributed by atoms with van der Waals surface area (Å²) in [7, 11) is 0. The minimum Gasteiger partial charge on any atom is -0.366 e. The highest BCUT2D eigenvalue weighted by Gasteiger charge is 2.01. The lowest BCUT2D eigenvalue weighted by Crippen LogP contribution is -2.03. The Kier molecular flexibility index (Phi) is 3.26. The third-order valence-corrected chi connectivity index (χ3v) is 2.20. The first-order chi connectivity index (χ1) is 8.29. The highest BCUT2D eigenvalue weighted by atomic mass is 19.1. The van der Waals surface area contributed by atoms with Gasteiger partial charge in [0.1, 0.15) is 29.7 Å². The van der Waals surface area contributed by atoms with Crippen LogP contribution in [0.3, 0.4) is 0 Å². The summed E-state index contributed by atoms with van der Waals surface area (Å²) in [5.41, 5.74) is 0.820. The number of nitrogens with one attached hydrogen (secondary N) is 1. The average molecular weight is 228 g/mol. The molecule has 1 N–H and O–H groups in total. The molecule has 2 aromatic rings. The Morgan fingerprint density at radius 1 is 1.29 bits per heavy atom. The molecule has 1 aromatic carbocycles. The van der Waals surface area contributed by atoms with Crippen LogP contribution in [0, 0.1) is 17.1 Å². The molecule has 4 nitrogen and oxygen atoms in total. The molecule has 0 saturated carbocycles. The zero-order valence-electron chi connectivity index (χ0n) is 8.89. The van der Waals surface area contributed by atoms with Gasteiger partial charge in [0.05, 0.1) is 0 Å². The predicted molar refractivity (Wildman–Crippen MR) is 60.5 cm³/mol. The molecular formula is C12H9FN4. The van der Waals surface area contributed by atoms with E-state index in [0.717, 1.165) is 0 Å². The van der Waals surface area contributed by atoms with Gasteiger partial charge in [0.25, 0.3) is 0 Å². The number of hydrogen-bond acceptors (Lipinski definition) is 4. The summed E-state index contributed by atoms with van der Waals surface area (Å²) in [5, 5.41) is 11.6. The number of rotatable bonds is 3. The summed E-state index contributed by atoms with van der Waals surface area (Å²) in [6, 6.07) is 9.92. The van der Waals surface area contributed by atoms with Gasteiger partial charge in [-0.15, -0.1) is 0 Å². The van der Waals surface area contributed by atoms with E-state index in [4.69, 9.17) is 5.26 Å². The summed E-state index contributed by atoms with van der Waals surface area (Å²) < 4.78 is 13.3. The largest absolute Gasteiger partial charge is 0.366 e. The molecule has 17 heavy (non-hydrogen) atoms. The topological polar surface area (TPSA) is 61.6 Å². The molecular weight excluding hydrogens is 219 g/mol. The summed E-state index contributed by atoms with van der Waals surface area (Å²) >= 11 is 0. The smallest absolute Gasteiger partial charge is 0.145 e. The minimum atomic E-state index is -0.269. The van der Waals surface area contributed by atoms with Crippen LogP contribution in [-0.2, 0) is 6.54 Å². The molecule has 2 rings (SSSR count). The number of halogens is 1. The third-order valence-electron chi connectivity index (χ3n) is 2.20. The number of nitrogens with zero attached hydrogens (tertiary/aromatic N) is 3. The Labute approximate surface area is 97.8 Å². The first-order valence-corrected chi connectivity index (χ1v) is 4.99. The van der Waals surface area contributed by atoms with Crippen molar-refractivity contribution in [3.8, 4) is 6.07 Å². The molecule has 0 spiro atoms. The van der Waals surface area contributed by atoms with Crippen LogP contribution >= 0.6 is 0 Å². The van der Waals surface area contributed by atoms with Crippen molar-refractivity contribution in [2.24, 2.45) is 0 Å². The van der Waals surface area contributed by atoms with Gasteiger partial charge in [-0.25, -0.2) is 14.4 Å². The molecule has 0 bridgehead atoms. The number of hydrogen-bond donors (Lipinski definition) is 1. The SMILES string of the molecule is N#Cc1cc(NCc2ccccc2F)ncn1. The summed E-state index contributed by atoms with van der Waals surface area (Å²) in [6.45, 7) is 0.314. The normalized spacial score (nSPS) is 9.65. The molecule has 0 atom stereocenters. The molecule has 0 saturated heterocycles. The Bertz CT molecular complexity index is 562. The van der Waals surface area contributed by atoms with Crippen molar-refractivity contribution < 1.29 is 4.39 Å². The Morgan fingerprint density at radius 2 is 2.12 bits per heavy atom. The van der Waals surface area contributed by atoms with E-state index >= 15 is 0 Å². The van der Waals surface area contributed by atoms with Crippen LogP contribution in [0.1, 0.15) is 11.3 Å². The van der Waals surface area contributed by atoms with Crippen LogP contribution in [0.4, 0.5) is 10.2 Å². The average Bonchev–Trinajstić information content (AvgIpc) is 2.38. The molecule has 0 aliphatic rings. The van der Waals surface area contributed by atoms with Crippen molar-refractivity contribution in [3.05, 3.63) is 53.7 Å². The number of nitriles is 1. The maximum absolute atomic E-state index is 13.3. The lowest BCUT2D eigenvalue weighted by atomic mass is 10.2. The highest BCUT2D eigenvalue weighted by Crippen LogP contribution is 2.09. The Balaban J connectivity index is 2.08. The number of aromatic nitrogens is 2. The van der Waals surface area contributed by atoms with Crippen LogP contribution in [0.25, 0.3) is 0 Å². The molecule has 0 aliphatic carbocycles. The van der Waals surface area contributed by atoms with Gasteiger partial charge in [0.2, 0.25) is 0 Å². The Morgan fingerprint density at radius 3 is 2.88 bits per heavy atom. The second-order valence-corrected chi connectivity index (χ2v) is 3.35. The highest BCUT2D eigenvalue weighted by molar-refractivity contribution is 5.39. The van der Waals surface area contributed by atoms with Gasteiger partial charge in [-0.3, -0.25) is 0 Å². The van der Waals surface area contributed by atoms with Gasteiger partial charge in [-0.05, 0) is 6.07 Å². The predicted octanol–water partition coefficient (Wildman–Crippen LogP) is 2.10. The lowest BCUT2D eigenvalue weighted by molar-refractivity contribution is 0.613. The maximum atomic E-state index is 13.3. The fourth-order valence-electron chi connectivity index (χ4n) is 1.34. The first kappa shape index (κ1) is 11.0. The standard InChI is InChI=1S/C12H9FN4/c13-11-4-2-1-3-9(11)7-15-12-5-10(6-14)16-8-17-12/h1-5,8H,7H2,(H,15,16,17). The molecule has 0 radical (unpaired) electrons. The lowest BCUT2D eigenvalue weighted by Gasteiger charge is -2.06. The zero-order valence-corrected chi connectivity index (χ0v) is 8.89. The van der Waals surface area contributed by atoms with E-state index in [1.165, 1.54) is 18.5 Å². The summed E-state index contributed by atoms with van der Waals surface area (Å²) in [6.07, 6.45) is 1.29. The van der Waals surface area contributed by atoms with Gasteiger partial charge in [-0.1, -0.05) is 18.2 Å². The van der Waals surface area contributed by atoms with Crippen molar-refractivity contribution in [1.29, 1.82) is 5.26 Å². The molecule has 1 aromatic heterocycles. The van der Waals surface area contributed by atoms with Crippen LogP contribution in [-0.4, -0.2) is 9.97 Å². The maximum Gasteiger partial charge on any atom is 0.145 e. The van der Waals surface area contributed by atoms with Gasteiger partial charge in [0.15, 0.2) is 0 Å². The van der Waals surface area contributed by atoms with Crippen LogP contribution < -0.4 is 5.32 Å². The molecule has 1 heterocycles. The third kappa shape index (κ3) is 2.75. The quantitative estimate of drug-likeness (QED) is 0.873. The van der Waals surface area contributed by atoms with E-state index in [1.54, 1.807) is 18.2 Å². The number of benzene rings is 1. The number of anilines is 1. The zero-order chi connectivity index (χ0) is 12.1. The minimum absolute atomic E-state index is 0.269. The van der Waals surface area contributed by atoms with Gasteiger partial charge in [-0.2, -0.15) is 5.26 Å². The van der Waals surface area contributed by atoms with E-state index < -0.39 is 0 Å². The van der Waals surface area contributed by atoms with E-state index in [-0.39, 0.29) is 11.5 Å². The molecule has 5 heteroatoms. The first-order valence-electron chi connectivity index (χ1n) is 4.99. The van der Waals surface area contributed by atoms with Crippen LogP contribution in [0.2, 0.25) is 0 Å². The van der Waals surface area contributed by atoms with E-state index in [2.05, 4.69) is 15.3 Å². The fourth-order valence-corrected chi connectivity index (χ4v) is 1.34. The van der Waals surface area contributed by atoms with Gasteiger partial charge < -0.3 is 5.32 Å².